The maximum Gasteiger partial charge on any atom is 0.248 e. The fourth-order valence-corrected chi connectivity index (χ4v) is 2.58. The van der Waals surface area contributed by atoms with Crippen LogP contribution in [0.5, 0.6) is 0 Å². The molecule has 3 heterocycles. The minimum absolute atomic E-state index is 0.0157. The maximum absolute atomic E-state index is 11.9. The Labute approximate surface area is 134 Å². The predicted octanol–water partition coefficient (Wildman–Crippen LogP) is 0.973. The molecule has 2 aromatic rings. The molecule has 1 unspecified atom stereocenters. The maximum atomic E-state index is 11.9. The van der Waals surface area contributed by atoms with Crippen molar-refractivity contribution < 1.29 is 9.53 Å². The van der Waals surface area contributed by atoms with E-state index in [0.717, 1.165) is 18.7 Å². The molecular weight excluding hydrogens is 296 g/mol. The Morgan fingerprint density at radius 1 is 1.39 bits per heavy atom. The first kappa shape index (κ1) is 15.3. The number of amides is 1. The molecule has 1 aliphatic heterocycles. The summed E-state index contributed by atoms with van der Waals surface area (Å²) in [4.78, 5) is 30.5. The first-order valence-electron chi connectivity index (χ1n) is 7.39. The van der Waals surface area contributed by atoms with Gasteiger partial charge in [-0.25, -0.2) is 15.0 Å². The molecule has 0 spiro atoms. The second-order valence-electron chi connectivity index (χ2n) is 5.28. The van der Waals surface area contributed by atoms with E-state index in [-0.39, 0.29) is 18.4 Å². The lowest BCUT2D eigenvalue weighted by atomic mass is 10.1. The van der Waals surface area contributed by atoms with Gasteiger partial charge in [-0.1, -0.05) is 0 Å². The number of nitrogens with zero attached hydrogens (tertiary/aromatic N) is 5. The van der Waals surface area contributed by atoms with Crippen molar-refractivity contribution in [2.24, 2.45) is 0 Å². The molecule has 1 amide bonds. The largest absolute Gasteiger partial charge is 0.375 e. The van der Waals surface area contributed by atoms with Gasteiger partial charge in [0.2, 0.25) is 11.9 Å². The standard InChI is InChI=1S/C15H18N6O2/c1-23-10-14(22)21-7-3-11(9-21)12-2-4-18-15(19-12)20-13-8-16-5-6-17-13/h2,4-6,8,11H,3,7,9-10H2,1H3,(H,17,18,19,20). The van der Waals surface area contributed by atoms with E-state index in [9.17, 15) is 4.79 Å². The number of likely N-dealkylation sites (tertiary alicyclic amines) is 1. The summed E-state index contributed by atoms with van der Waals surface area (Å²) in [6.45, 7) is 1.50. The van der Waals surface area contributed by atoms with Gasteiger partial charge in [-0.3, -0.25) is 9.78 Å². The summed E-state index contributed by atoms with van der Waals surface area (Å²) in [6.07, 6.45) is 7.41. The predicted molar refractivity (Wildman–Crippen MR) is 83.2 cm³/mol. The SMILES string of the molecule is COCC(=O)N1CCC(c2ccnc(Nc3cnccn3)n2)C1. The van der Waals surface area contributed by atoms with E-state index in [1.54, 1.807) is 24.8 Å². The van der Waals surface area contributed by atoms with Crippen molar-refractivity contribution in [2.75, 3.05) is 32.1 Å². The van der Waals surface area contributed by atoms with Gasteiger partial charge in [0.05, 0.1) is 11.9 Å². The number of carbonyl (C=O) groups is 1. The monoisotopic (exact) mass is 314 g/mol. The molecule has 120 valence electrons. The van der Waals surface area contributed by atoms with Crippen LogP contribution in [0.2, 0.25) is 0 Å². The summed E-state index contributed by atoms with van der Waals surface area (Å²) < 4.78 is 4.90. The highest BCUT2D eigenvalue weighted by molar-refractivity contribution is 5.77. The highest BCUT2D eigenvalue weighted by Gasteiger charge is 2.28. The highest BCUT2D eigenvalue weighted by atomic mass is 16.5. The average Bonchev–Trinajstić information content (AvgIpc) is 3.06. The number of hydrogen-bond donors (Lipinski definition) is 1. The van der Waals surface area contributed by atoms with E-state index in [0.29, 0.717) is 18.3 Å². The summed E-state index contributed by atoms with van der Waals surface area (Å²) in [6, 6.07) is 1.89. The highest BCUT2D eigenvalue weighted by Crippen LogP contribution is 2.26. The Morgan fingerprint density at radius 2 is 2.30 bits per heavy atom. The molecule has 0 aliphatic carbocycles. The second-order valence-corrected chi connectivity index (χ2v) is 5.28. The van der Waals surface area contributed by atoms with Crippen LogP contribution in [0.15, 0.2) is 30.9 Å². The number of rotatable bonds is 5. The third kappa shape index (κ3) is 3.78. The van der Waals surface area contributed by atoms with E-state index in [1.165, 1.54) is 7.11 Å². The Morgan fingerprint density at radius 3 is 3.09 bits per heavy atom. The Balaban J connectivity index is 1.67. The molecule has 0 bridgehead atoms. The van der Waals surface area contributed by atoms with Gasteiger partial charge in [0, 0.05) is 44.7 Å². The van der Waals surface area contributed by atoms with Crippen LogP contribution in [0.4, 0.5) is 11.8 Å². The zero-order valence-electron chi connectivity index (χ0n) is 12.8. The molecule has 8 nitrogen and oxygen atoms in total. The van der Waals surface area contributed by atoms with Crippen LogP contribution in [0, 0.1) is 0 Å². The third-order valence-electron chi connectivity index (χ3n) is 3.71. The van der Waals surface area contributed by atoms with E-state index in [1.807, 2.05) is 11.0 Å². The number of carbonyl (C=O) groups excluding carboxylic acids is 1. The fraction of sp³-hybridized carbons (Fsp3) is 0.400. The smallest absolute Gasteiger partial charge is 0.248 e. The fourth-order valence-electron chi connectivity index (χ4n) is 2.58. The number of hydrogen-bond acceptors (Lipinski definition) is 7. The number of aromatic nitrogens is 4. The van der Waals surface area contributed by atoms with Gasteiger partial charge < -0.3 is 15.0 Å². The second kappa shape index (κ2) is 7.10. The van der Waals surface area contributed by atoms with E-state index in [2.05, 4.69) is 25.3 Å². The lowest BCUT2D eigenvalue weighted by molar-refractivity contribution is -0.134. The minimum Gasteiger partial charge on any atom is -0.375 e. The molecule has 3 rings (SSSR count). The summed E-state index contributed by atoms with van der Waals surface area (Å²) >= 11 is 0. The van der Waals surface area contributed by atoms with Crippen LogP contribution in [0.1, 0.15) is 18.0 Å². The summed E-state index contributed by atoms with van der Waals surface area (Å²) in [5, 5.41) is 3.03. The van der Waals surface area contributed by atoms with Crippen LogP contribution < -0.4 is 5.32 Å². The van der Waals surface area contributed by atoms with Crippen LogP contribution in [0.25, 0.3) is 0 Å². The minimum atomic E-state index is 0.0157. The molecule has 1 atom stereocenters. The number of ether oxygens (including phenoxy) is 1. The van der Waals surface area contributed by atoms with E-state index < -0.39 is 0 Å². The molecule has 1 aliphatic rings. The molecule has 1 fully saturated rings. The van der Waals surface area contributed by atoms with Gasteiger partial charge in [-0.05, 0) is 12.5 Å². The lowest BCUT2D eigenvalue weighted by Crippen LogP contribution is -2.31. The van der Waals surface area contributed by atoms with Gasteiger partial charge in [-0.2, -0.15) is 0 Å². The van der Waals surface area contributed by atoms with Gasteiger partial charge >= 0.3 is 0 Å². The van der Waals surface area contributed by atoms with Gasteiger partial charge in [-0.15, -0.1) is 0 Å². The van der Waals surface area contributed by atoms with Gasteiger partial charge in [0.15, 0.2) is 5.82 Å². The molecule has 0 aromatic carbocycles. The van der Waals surface area contributed by atoms with Crippen molar-refractivity contribution in [3.63, 3.8) is 0 Å². The van der Waals surface area contributed by atoms with Crippen molar-refractivity contribution >= 4 is 17.7 Å². The van der Waals surface area contributed by atoms with Crippen molar-refractivity contribution in [3.05, 3.63) is 36.5 Å². The average molecular weight is 314 g/mol. The first-order chi connectivity index (χ1) is 11.3. The van der Waals surface area contributed by atoms with Crippen molar-refractivity contribution in [3.8, 4) is 0 Å². The summed E-state index contributed by atoms with van der Waals surface area (Å²) in [5.74, 6) is 1.29. The molecule has 2 aromatic heterocycles. The third-order valence-corrected chi connectivity index (χ3v) is 3.71. The van der Waals surface area contributed by atoms with Gasteiger partial charge in [0.1, 0.15) is 6.61 Å². The van der Waals surface area contributed by atoms with E-state index in [4.69, 9.17) is 4.74 Å². The topological polar surface area (TPSA) is 93.1 Å². The number of methoxy groups -OCH3 is 1. The molecular formula is C15H18N6O2. The Hall–Kier alpha value is -2.61. The van der Waals surface area contributed by atoms with Crippen LogP contribution in [0.3, 0.4) is 0 Å². The number of nitrogens with one attached hydrogen (secondary N) is 1. The molecule has 1 N–H and O–H groups in total. The van der Waals surface area contributed by atoms with Crippen molar-refractivity contribution in [1.82, 2.24) is 24.8 Å². The van der Waals surface area contributed by atoms with Crippen molar-refractivity contribution in [2.45, 2.75) is 12.3 Å². The Kier molecular flexibility index (Phi) is 4.72. The van der Waals surface area contributed by atoms with Crippen LogP contribution in [-0.4, -0.2) is 57.5 Å². The Bertz CT molecular complexity index is 666. The molecule has 1 saturated heterocycles. The van der Waals surface area contributed by atoms with E-state index >= 15 is 0 Å². The summed E-state index contributed by atoms with van der Waals surface area (Å²) in [7, 11) is 1.53. The zero-order chi connectivity index (χ0) is 16.1. The van der Waals surface area contributed by atoms with Crippen molar-refractivity contribution in [1.29, 1.82) is 0 Å². The molecule has 23 heavy (non-hydrogen) atoms. The van der Waals surface area contributed by atoms with Gasteiger partial charge in [0.25, 0.3) is 0 Å². The van der Waals surface area contributed by atoms with Crippen LogP contribution >= 0.6 is 0 Å². The first-order valence-corrected chi connectivity index (χ1v) is 7.39. The summed E-state index contributed by atoms with van der Waals surface area (Å²) in [5.41, 5.74) is 0.916. The normalized spacial score (nSPS) is 17.3. The lowest BCUT2D eigenvalue weighted by Gasteiger charge is -2.16. The molecule has 0 saturated carbocycles. The quantitative estimate of drug-likeness (QED) is 0.879. The van der Waals surface area contributed by atoms with Crippen LogP contribution in [-0.2, 0) is 9.53 Å². The number of anilines is 2. The molecule has 0 radical (unpaired) electrons. The molecule has 8 heteroatoms. The zero-order valence-corrected chi connectivity index (χ0v) is 12.8.